The summed E-state index contributed by atoms with van der Waals surface area (Å²) in [5.41, 5.74) is 1.30. The van der Waals surface area contributed by atoms with Gasteiger partial charge in [-0.2, -0.15) is 0 Å². The summed E-state index contributed by atoms with van der Waals surface area (Å²) >= 11 is 11.3. The number of halogens is 2. The maximum absolute atomic E-state index is 6.05. The standard InChI is InChI=1S/C16H17BrClNS/c1-11(2)19-10-12-6-7-13(17)8-16(12)20-15-5-3-4-14(18)9-15/h3-9,11,19H,10H2,1-2H3. The molecule has 1 N–H and O–H groups in total. The van der Waals surface area contributed by atoms with Gasteiger partial charge in [-0.05, 0) is 35.9 Å². The van der Waals surface area contributed by atoms with Crippen molar-refractivity contribution in [2.24, 2.45) is 0 Å². The van der Waals surface area contributed by atoms with Crippen LogP contribution in [0, 0.1) is 0 Å². The quantitative estimate of drug-likeness (QED) is 0.719. The van der Waals surface area contributed by atoms with Gasteiger partial charge in [0.2, 0.25) is 0 Å². The zero-order valence-corrected chi connectivity index (χ0v) is 14.6. The number of benzene rings is 2. The van der Waals surface area contributed by atoms with E-state index in [9.17, 15) is 0 Å². The van der Waals surface area contributed by atoms with E-state index in [2.05, 4.69) is 59.4 Å². The van der Waals surface area contributed by atoms with E-state index < -0.39 is 0 Å². The number of hydrogen-bond acceptors (Lipinski definition) is 2. The number of nitrogens with one attached hydrogen (secondary N) is 1. The van der Waals surface area contributed by atoms with E-state index in [0.717, 1.165) is 20.9 Å². The molecular formula is C16H17BrClNS. The molecule has 0 saturated carbocycles. The molecule has 0 heterocycles. The van der Waals surface area contributed by atoms with Crippen LogP contribution in [-0.4, -0.2) is 6.04 Å². The highest BCUT2D eigenvalue weighted by molar-refractivity contribution is 9.10. The van der Waals surface area contributed by atoms with Crippen LogP contribution in [0.2, 0.25) is 5.02 Å². The highest BCUT2D eigenvalue weighted by Crippen LogP contribution is 2.33. The number of rotatable bonds is 5. The molecule has 0 amide bonds. The van der Waals surface area contributed by atoms with E-state index in [-0.39, 0.29) is 0 Å². The zero-order valence-electron chi connectivity index (χ0n) is 11.5. The van der Waals surface area contributed by atoms with Gasteiger partial charge in [0.25, 0.3) is 0 Å². The van der Waals surface area contributed by atoms with Crippen LogP contribution >= 0.6 is 39.3 Å². The predicted molar refractivity (Wildman–Crippen MR) is 91.7 cm³/mol. The Balaban J connectivity index is 2.22. The highest BCUT2D eigenvalue weighted by atomic mass is 79.9. The lowest BCUT2D eigenvalue weighted by atomic mass is 10.2. The summed E-state index contributed by atoms with van der Waals surface area (Å²) in [6.07, 6.45) is 0. The van der Waals surface area contributed by atoms with Gasteiger partial charge in [-0.3, -0.25) is 0 Å². The molecule has 106 valence electrons. The first-order valence-electron chi connectivity index (χ1n) is 6.50. The van der Waals surface area contributed by atoms with Crippen molar-refractivity contribution in [2.45, 2.75) is 36.2 Å². The lowest BCUT2D eigenvalue weighted by Crippen LogP contribution is -2.22. The minimum atomic E-state index is 0.475. The third-order valence-electron chi connectivity index (χ3n) is 2.75. The normalized spacial score (nSPS) is 11.1. The first-order valence-corrected chi connectivity index (χ1v) is 8.48. The van der Waals surface area contributed by atoms with Crippen molar-refractivity contribution in [1.29, 1.82) is 0 Å². The molecule has 0 bridgehead atoms. The van der Waals surface area contributed by atoms with Gasteiger partial charge in [-0.15, -0.1) is 0 Å². The smallest absolute Gasteiger partial charge is 0.0417 e. The van der Waals surface area contributed by atoms with E-state index in [1.54, 1.807) is 11.8 Å². The Morgan fingerprint density at radius 2 is 2.00 bits per heavy atom. The largest absolute Gasteiger partial charge is 0.310 e. The second kappa shape index (κ2) is 7.51. The maximum Gasteiger partial charge on any atom is 0.0417 e. The summed E-state index contributed by atoms with van der Waals surface area (Å²) in [4.78, 5) is 2.40. The van der Waals surface area contributed by atoms with Crippen LogP contribution < -0.4 is 5.32 Å². The summed E-state index contributed by atoms with van der Waals surface area (Å²) < 4.78 is 1.09. The van der Waals surface area contributed by atoms with Crippen molar-refractivity contribution in [3.63, 3.8) is 0 Å². The lowest BCUT2D eigenvalue weighted by molar-refractivity contribution is 0.584. The van der Waals surface area contributed by atoms with Gasteiger partial charge in [0.1, 0.15) is 0 Å². The molecule has 0 atom stereocenters. The van der Waals surface area contributed by atoms with Crippen LogP contribution in [0.5, 0.6) is 0 Å². The fourth-order valence-electron chi connectivity index (χ4n) is 1.74. The first kappa shape index (κ1) is 15.9. The summed E-state index contributed by atoms with van der Waals surface area (Å²) in [5.74, 6) is 0. The monoisotopic (exact) mass is 369 g/mol. The van der Waals surface area contributed by atoms with Crippen LogP contribution in [0.1, 0.15) is 19.4 Å². The molecule has 0 aliphatic rings. The van der Waals surface area contributed by atoms with Gasteiger partial charge in [-0.1, -0.05) is 65.3 Å². The highest BCUT2D eigenvalue weighted by Gasteiger charge is 2.07. The molecule has 0 radical (unpaired) electrons. The summed E-state index contributed by atoms with van der Waals surface area (Å²) in [6.45, 7) is 5.18. The van der Waals surface area contributed by atoms with Crippen LogP contribution in [-0.2, 0) is 6.54 Å². The fraction of sp³-hybridized carbons (Fsp3) is 0.250. The minimum Gasteiger partial charge on any atom is -0.310 e. The molecule has 1 nitrogen and oxygen atoms in total. The Bertz CT molecular complexity index is 586. The fourth-order valence-corrected chi connectivity index (χ4v) is 3.55. The molecule has 2 aromatic rings. The molecular weight excluding hydrogens is 354 g/mol. The van der Waals surface area contributed by atoms with Crippen molar-refractivity contribution in [1.82, 2.24) is 5.32 Å². The van der Waals surface area contributed by atoms with E-state index in [1.807, 2.05) is 18.2 Å². The third kappa shape index (κ3) is 4.81. The van der Waals surface area contributed by atoms with Crippen LogP contribution in [0.4, 0.5) is 0 Å². The number of hydrogen-bond donors (Lipinski definition) is 1. The Labute approximate surface area is 138 Å². The van der Waals surface area contributed by atoms with Gasteiger partial charge in [0.15, 0.2) is 0 Å². The van der Waals surface area contributed by atoms with Crippen molar-refractivity contribution in [3.8, 4) is 0 Å². The molecule has 0 aliphatic carbocycles. The molecule has 0 aliphatic heterocycles. The molecule has 0 saturated heterocycles. The van der Waals surface area contributed by atoms with Gasteiger partial charge in [0.05, 0.1) is 0 Å². The average Bonchev–Trinajstić information content (AvgIpc) is 2.37. The second-order valence-electron chi connectivity index (χ2n) is 4.85. The van der Waals surface area contributed by atoms with E-state index in [4.69, 9.17) is 11.6 Å². The van der Waals surface area contributed by atoms with E-state index in [0.29, 0.717) is 6.04 Å². The van der Waals surface area contributed by atoms with Gasteiger partial charge in [-0.25, -0.2) is 0 Å². The summed E-state index contributed by atoms with van der Waals surface area (Å²) in [5, 5.41) is 4.23. The van der Waals surface area contributed by atoms with Crippen molar-refractivity contribution in [3.05, 3.63) is 57.5 Å². The first-order chi connectivity index (χ1) is 9.54. The van der Waals surface area contributed by atoms with Crippen molar-refractivity contribution in [2.75, 3.05) is 0 Å². The van der Waals surface area contributed by atoms with Crippen LogP contribution in [0.25, 0.3) is 0 Å². The lowest BCUT2D eigenvalue weighted by Gasteiger charge is -2.13. The van der Waals surface area contributed by atoms with Crippen LogP contribution in [0.3, 0.4) is 0 Å². The van der Waals surface area contributed by atoms with Crippen molar-refractivity contribution >= 4 is 39.3 Å². The van der Waals surface area contributed by atoms with Gasteiger partial charge < -0.3 is 5.32 Å². The maximum atomic E-state index is 6.05. The minimum absolute atomic E-state index is 0.475. The Kier molecular flexibility index (Phi) is 5.97. The van der Waals surface area contributed by atoms with Crippen LogP contribution in [0.15, 0.2) is 56.7 Å². The summed E-state index contributed by atoms with van der Waals surface area (Å²) in [7, 11) is 0. The molecule has 2 aromatic carbocycles. The predicted octanol–water partition coefficient (Wildman–Crippen LogP) is 5.75. The Morgan fingerprint density at radius 3 is 2.70 bits per heavy atom. The second-order valence-corrected chi connectivity index (χ2v) is 7.31. The molecule has 4 heteroatoms. The topological polar surface area (TPSA) is 12.0 Å². The Hall–Kier alpha value is -0.480. The molecule has 2 rings (SSSR count). The van der Waals surface area contributed by atoms with E-state index in [1.165, 1.54) is 10.5 Å². The SMILES string of the molecule is CC(C)NCc1ccc(Br)cc1Sc1cccc(Cl)c1. The van der Waals surface area contributed by atoms with Gasteiger partial charge >= 0.3 is 0 Å². The third-order valence-corrected chi connectivity index (χ3v) is 4.57. The Morgan fingerprint density at radius 1 is 1.20 bits per heavy atom. The zero-order chi connectivity index (χ0) is 14.5. The summed E-state index contributed by atoms with van der Waals surface area (Å²) in [6, 6.07) is 14.8. The average molecular weight is 371 g/mol. The molecule has 0 fully saturated rings. The molecule has 0 aromatic heterocycles. The van der Waals surface area contributed by atoms with Crippen molar-refractivity contribution < 1.29 is 0 Å². The molecule has 20 heavy (non-hydrogen) atoms. The van der Waals surface area contributed by atoms with Gasteiger partial charge in [0, 0.05) is 31.9 Å². The molecule has 0 spiro atoms. The van der Waals surface area contributed by atoms with E-state index >= 15 is 0 Å². The molecule has 0 unspecified atom stereocenters.